The molecule has 1 atom stereocenters. The van der Waals surface area contributed by atoms with E-state index in [4.69, 9.17) is 0 Å². The van der Waals surface area contributed by atoms with E-state index in [0.29, 0.717) is 21.4 Å². The van der Waals surface area contributed by atoms with Crippen LogP contribution in [0.15, 0.2) is 49.1 Å². The first-order valence-corrected chi connectivity index (χ1v) is 11.1. The van der Waals surface area contributed by atoms with E-state index in [0.717, 1.165) is 5.69 Å². The van der Waals surface area contributed by atoms with E-state index < -0.39 is 0 Å². The molecule has 30 heavy (non-hydrogen) atoms. The van der Waals surface area contributed by atoms with E-state index in [2.05, 4.69) is 27.6 Å². The molecule has 2 aromatic heterocycles. The molecule has 2 heterocycles. The lowest BCUT2D eigenvalue weighted by Crippen LogP contribution is -2.38. The summed E-state index contributed by atoms with van der Waals surface area (Å²) >= 11 is 1.21. The average molecular weight is 424 g/mol. The van der Waals surface area contributed by atoms with Crippen LogP contribution in [0.5, 0.6) is 0 Å². The first-order valence-electron chi connectivity index (χ1n) is 10.3. The Bertz CT molecular complexity index is 991. The lowest BCUT2D eigenvalue weighted by Gasteiger charge is -2.28. The molecule has 156 valence electrons. The number of hydrogen-bond acceptors (Lipinski definition) is 5. The van der Waals surface area contributed by atoms with Crippen molar-refractivity contribution in [3.63, 3.8) is 0 Å². The SMILES string of the molecule is C[C@@H](NC(=O)c1ccc(C(=O)Nc2ccc(-n3cncn3)cc2)s1)C1CCCCC1. The predicted octanol–water partition coefficient (Wildman–Crippen LogP) is 4.28. The number of carbonyl (C=O) groups excluding carboxylic acids is 2. The Balaban J connectivity index is 1.34. The maximum atomic E-state index is 12.6. The second-order valence-electron chi connectivity index (χ2n) is 7.67. The zero-order chi connectivity index (χ0) is 20.9. The lowest BCUT2D eigenvalue weighted by molar-refractivity contribution is 0.0923. The summed E-state index contributed by atoms with van der Waals surface area (Å²) in [5.41, 5.74) is 1.53. The zero-order valence-corrected chi connectivity index (χ0v) is 17.7. The van der Waals surface area contributed by atoms with Crippen LogP contribution in [-0.4, -0.2) is 32.6 Å². The van der Waals surface area contributed by atoms with Crippen LogP contribution in [0.4, 0.5) is 5.69 Å². The van der Waals surface area contributed by atoms with Crippen LogP contribution < -0.4 is 10.6 Å². The van der Waals surface area contributed by atoms with Crippen LogP contribution >= 0.6 is 11.3 Å². The van der Waals surface area contributed by atoms with Crippen molar-refractivity contribution in [2.45, 2.75) is 45.1 Å². The van der Waals surface area contributed by atoms with Gasteiger partial charge in [-0.25, -0.2) is 9.67 Å². The van der Waals surface area contributed by atoms with Gasteiger partial charge in [0.2, 0.25) is 0 Å². The summed E-state index contributed by atoms with van der Waals surface area (Å²) in [6.45, 7) is 2.08. The molecule has 0 aliphatic heterocycles. The highest BCUT2D eigenvalue weighted by Gasteiger charge is 2.23. The number of rotatable bonds is 6. The summed E-state index contributed by atoms with van der Waals surface area (Å²) < 4.78 is 1.64. The van der Waals surface area contributed by atoms with E-state index in [1.54, 1.807) is 23.1 Å². The van der Waals surface area contributed by atoms with E-state index in [1.165, 1.54) is 49.8 Å². The Morgan fingerprint density at radius 3 is 2.40 bits per heavy atom. The molecule has 2 amide bonds. The van der Waals surface area contributed by atoms with Crippen LogP contribution in [-0.2, 0) is 0 Å². The number of aromatic nitrogens is 3. The third kappa shape index (κ3) is 4.76. The molecule has 3 aromatic rings. The minimum atomic E-state index is -0.229. The van der Waals surface area contributed by atoms with Gasteiger partial charge in [0.05, 0.1) is 15.4 Å². The molecule has 1 aliphatic rings. The van der Waals surface area contributed by atoms with Crippen molar-refractivity contribution in [3.8, 4) is 5.69 Å². The van der Waals surface area contributed by atoms with Crippen molar-refractivity contribution < 1.29 is 9.59 Å². The van der Waals surface area contributed by atoms with E-state index in [1.807, 2.05) is 24.3 Å². The zero-order valence-electron chi connectivity index (χ0n) is 16.9. The predicted molar refractivity (Wildman–Crippen MR) is 117 cm³/mol. The normalized spacial score (nSPS) is 15.5. The van der Waals surface area contributed by atoms with Crippen molar-refractivity contribution in [2.24, 2.45) is 5.92 Å². The number of amides is 2. The van der Waals surface area contributed by atoms with Gasteiger partial charge in [0.1, 0.15) is 12.7 Å². The largest absolute Gasteiger partial charge is 0.349 e. The van der Waals surface area contributed by atoms with Crippen molar-refractivity contribution in [2.75, 3.05) is 5.32 Å². The summed E-state index contributed by atoms with van der Waals surface area (Å²) in [5.74, 6) is 0.216. The molecule has 2 N–H and O–H groups in total. The molecule has 8 heteroatoms. The smallest absolute Gasteiger partial charge is 0.265 e. The molecule has 4 rings (SSSR count). The highest BCUT2D eigenvalue weighted by Crippen LogP contribution is 2.27. The van der Waals surface area contributed by atoms with Gasteiger partial charge >= 0.3 is 0 Å². The summed E-state index contributed by atoms with van der Waals surface area (Å²) in [7, 11) is 0. The summed E-state index contributed by atoms with van der Waals surface area (Å²) in [6, 6.07) is 10.9. The topological polar surface area (TPSA) is 88.9 Å². The fraction of sp³-hybridized carbons (Fsp3) is 0.364. The fourth-order valence-electron chi connectivity index (χ4n) is 3.84. The maximum Gasteiger partial charge on any atom is 0.265 e. The van der Waals surface area contributed by atoms with Crippen molar-refractivity contribution >= 4 is 28.8 Å². The minimum absolute atomic E-state index is 0.102. The summed E-state index contributed by atoms with van der Waals surface area (Å²) in [5, 5.41) is 10.1. The maximum absolute atomic E-state index is 12.6. The second kappa shape index (κ2) is 9.21. The molecular formula is C22H25N5O2S. The molecule has 0 radical (unpaired) electrons. The van der Waals surface area contributed by atoms with Gasteiger partial charge < -0.3 is 10.6 Å². The van der Waals surface area contributed by atoms with Crippen LogP contribution in [0.3, 0.4) is 0 Å². The standard InChI is InChI=1S/C22H25N5O2S/c1-15(16-5-3-2-4-6-16)25-21(28)19-11-12-20(30-19)22(29)26-17-7-9-18(10-8-17)27-14-23-13-24-27/h7-16H,2-6H2,1H3,(H,25,28)(H,26,29)/t15-/m1/s1. The molecule has 7 nitrogen and oxygen atoms in total. The molecule has 0 spiro atoms. The molecule has 0 saturated heterocycles. The highest BCUT2D eigenvalue weighted by molar-refractivity contribution is 7.16. The van der Waals surface area contributed by atoms with Crippen LogP contribution in [0.1, 0.15) is 58.4 Å². The quantitative estimate of drug-likeness (QED) is 0.619. The van der Waals surface area contributed by atoms with Gasteiger partial charge in [0.25, 0.3) is 11.8 Å². The van der Waals surface area contributed by atoms with Gasteiger partial charge in [-0.05, 0) is 62.1 Å². The first-order chi connectivity index (χ1) is 14.6. The van der Waals surface area contributed by atoms with Gasteiger partial charge in [0.15, 0.2) is 0 Å². The number of nitrogens with zero attached hydrogens (tertiary/aromatic N) is 3. The van der Waals surface area contributed by atoms with Crippen molar-refractivity contribution in [3.05, 3.63) is 58.8 Å². The summed E-state index contributed by atoms with van der Waals surface area (Å²) in [6.07, 6.45) is 9.22. The monoisotopic (exact) mass is 423 g/mol. The number of thiophene rings is 1. The van der Waals surface area contributed by atoms with Gasteiger partial charge in [-0.15, -0.1) is 11.3 Å². The number of anilines is 1. The Morgan fingerprint density at radius 1 is 1.03 bits per heavy atom. The average Bonchev–Trinajstić information content (AvgIpc) is 3.47. The van der Waals surface area contributed by atoms with Crippen molar-refractivity contribution in [1.82, 2.24) is 20.1 Å². The van der Waals surface area contributed by atoms with Crippen LogP contribution in [0.25, 0.3) is 5.69 Å². The van der Waals surface area contributed by atoms with Crippen LogP contribution in [0.2, 0.25) is 0 Å². The van der Waals surface area contributed by atoms with Crippen molar-refractivity contribution in [1.29, 1.82) is 0 Å². The third-order valence-electron chi connectivity index (χ3n) is 5.58. The van der Waals surface area contributed by atoms with Crippen LogP contribution in [0, 0.1) is 5.92 Å². The van der Waals surface area contributed by atoms with E-state index in [-0.39, 0.29) is 17.9 Å². The van der Waals surface area contributed by atoms with Gasteiger partial charge in [-0.2, -0.15) is 5.10 Å². The Hall–Kier alpha value is -3.00. The second-order valence-corrected chi connectivity index (χ2v) is 8.75. The Morgan fingerprint density at radius 2 is 1.73 bits per heavy atom. The minimum Gasteiger partial charge on any atom is -0.349 e. The van der Waals surface area contributed by atoms with E-state index in [9.17, 15) is 9.59 Å². The number of benzene rings is 1. The first kappa shape index (κ1) is 20.3. The van der Waals surface area contributed by atoms with E-state index >= 15 is 0 Å². The fourth-order valence-corrected chi connectivity index (χ4v) is 4.65. The summed E-state index contributed by atoms with van der Waals surface area (Å²) in [4.78, 5) is 30.2. The molecule has 0 unspecified atom stereocenters. The molecule has 0 bridgehead atoms. The number of nitrogens with one attached hydrogen (secondary N) is 2. The Labute approximate surface area is 179 Å². The number of hydrogen-bond donors (Lipinski definition) is 2. The molecule has 1 saturated carbocycles. The highest BCUT2D eigenvalue weighted by atomic mass is 32.1. The lowest BCUT2D eigenvalue weighted by atomic mass is 9.84. The van der Waals surface area contributed by atoms with Gasteiger partial charge in [0, 0.05) is 11.7 Å². The van der Waals surface area contributed by atoms with Gasteiger partial charge in [-0.1, -0.05) is 19.3 Å². The molecule has 1 aliphatic carbocycles. The third-order valence-corrected chi connectivity index (χ3v) is 6.66. The van der Waals surface area contributed by atoms with Gasteiger partial charge in [-0.3, -0.25) is 9.59 Å². The Kier molecular flexibility index (Phi) is 6.23. The molecule has 1 fully saturated rings. The number of carbonyl (C=O) groups is 2. The molecule has 1 aromatic carbocycles. The molecular weight excluding hydrogens is 398 g/mol.